The van der Waals surface area contributed by atoms with Gasteiger partial charge in [0.2, 0.25) is 0 Å². The van der Waals surface area contributed by atoms with Crippen molar-refractivity contribution in [1.29, 1.82) is 0 Å². The fourth-order valence-electron chi connectivity index (χ4n) is 1.31. The number of aromatic carboxylic acids is 1. The third kappa shape index (κ3) is 3.02. The van der Waals surface area contributed by atoms with Crippen LogP contribution in [0.5, 0.6) is 0 Å². The van der Waals surface area contributed by atoms with Crippen molar-refractivity contribution in [2.45, 2.75) is 6.54 Å². The van der Waals surface area contributed by atoms with Crippen LogP contribution in [0.3, 0.4) is 0 Å². The minimum absolute atomic E-state index is 0.117. The van der Waals surface area contributed by atoms with Crippen LogP contribution in [0.4, 0.5) is 5.69 Å². The van der Waals surface area contributed by atoms with Crippen LogP contribution >= 0.6 is 27.5 Å². The van der Waals surface area contributed by atoms with E-state index >= 15 is 0 Å². The van der Waals surface area contributed by atoms with Gasteiger partial charge in [-0.05, 0) is 18.2 Å². The molecule has 0 atom stereocenters. The number of nitrogens with one attached hydrogen (secondary N) is 1. The van der Waals surface area contributed by atoms with Gasteiger partial charge in [0.1, 0.15) is 0 Å². The molecule has 0 bridgehead atoms. The normalized spacial score (nSPS) is 10.3. The summed E-state index contributed by atoms with van der Waals surface area (Å²) in [5.74, 6) is -0.696. The van der Waals surface area contributed by atoms with E-state index in [1.54, 1.807) is 12.1 Å². The molecule has 1 aromatic carbocycles. The van der Waals surface area contributed by atoms with Gasteiger partial charge in [0.05, 0.1) is 17.3 Å². The maximum Gasteiger partial charge on any atom is 0.358 e. The summed E-state index contributed by atoms with van der Waals surface area (Å²) in [5, 5.41) is 15.7. The van der Waals surface area contributed by atoms with Crippen molar-refractivity contribution < 1.29 is 14.4 Å². The van der Waals surface area contributed by atoms with Crippen LogP contribution in [-0.4, -0.2) is 16.2 Å². The first-order valence-corrected chi connectivity index (χ1v) is 6.11. The van der Waals surface area contributed by atoms with Crippen molar-refractivity contribution in [2.75, 3.05) is 5.32 Å². The second kappa shape index (κ2) is 5.41. The van der Waals surface area contributed by atoms with Crippen molar-refractivity contribution in [2.24, 2.45) is 0 Å². The summed E-state index contributed by atoms with van der Waals surface area (Å²) in [6.07, 6.45) is 0. The van der Waals surface area contributed by atoms with Crippen molar-refractivity contribution in [3.8, 4) is 0 Å². The van der Waals surface area contributed by atoms with E-state index in [0.717, 1.165) is 10.2 Å². The molecule has 0 unspecified atom stereocenters. The minimum Gasteiger partial charge on any atom is -0.476 e. The second-order valence-corrected chi connectivity index (χ2v) is 4.78. The molecular weight excluding hydrogens is 323 g/mol. The lowest BCUT2D eigenvalue weighted by molar-refractivity contribution is 0.0685. The summed E-state index contributed by atoms with van der Waals surface area (Å²) in [7, 11) is 0. The molecule has 0 aliphatic rings. The van der Waals surface area contributed by atoms with E-state index in [9.17, 15) is 4.79 Å². The lowest BCUT2D eigenvalue weighted by Crippen LogP contribution is -1.99. The highest BCUT2D eigenvalue weighted by Crippen LogP contribution is 2.26. The summed E-state index contributed by atoms with van der Waals surface area (Å²) in [5.41, 5.74) is 0.613. The number of hydrogen-bond acceptors (Lipinski definition) is 4. The molecule has 0 aliphatic heterocycles. The average molecular weight is 332 g/mol. The molecule has 2 N–H and O–H groups in total. The molecule has 0 aliphatic carbocycles. The number of benzene rings is 1. The highest BCUT2D eigenvalue weighted by Gasteiger charge is 2.10. The number of nitrogens with zero attached hydrogens (tertiary/aromatic N) is 1. The third-order valence-electron chi connectivity index (χ3n) is 2.16. The van der Waals surface area contributed by atoms with Crippen LogP contribution in [0.25, 0.3) is 0 Å². The van der Waals surface area contributed by atoms with Gasteiger partial charge in [-0.15, -0.1) is 0 Å². The number of halogens is 2. The number of carboxylic acids is 1. The van der Waals surface area contributed by atoms with Gasteiger partial charge in [-0.25, -0.2) is 4.79 Å². The molecule has 0 amide bonds. The highest BCUT2D eigenvalue weighted by atomic mass is 79.9. The number of carbonyl (C=O) groups is 1. The molecule has 7 heteroatoms. The summed E-state index contributed by atoms with van der Waals surface area (Å²) >= 11 is 9.32. The van der Waals surface area contributed by atoms with Gasteiger partial charge in [0, 0.05) is 10.5 Å². The van der Waals surface area contributed by atoms with Gasteiger partial charge in [0.15, 0.2) is 11.5 Å². The number of aromatic nitrogens is 1. The van der Waals surface area contributed by atoms with Gasteiger partial charge in [-0.1, -0.05) is 32.7 Å². The topological polar surface area (TPSA) is 75.4 Å². The molecule has 0 saturated heterocycles. The molecule has 0 fully saturated rings. The van der Waals surface area contributed by atoms with Crippen LogP contribution < -0.4 is 5.32 Å². The minimum atomic E-state index is -1.12. The molecule has 1 aromatic heterocycles. The SMILES string of the molecule is O=C(O)c1cc(CNc2ccc(Br)cc2Cl)on1. The lowest BCUT2D eigenvalue weighted by Gasteiger charge is -2.06. The molecular formula is C11H8BrClN2O3. The Balaban J connectivity index is 2.04. The van der Waals surface area contributed by atoms with Crippen molar-refractivity contribution in [3.63, 3.8) is 0 Å². The summed E-state index contributed by atoms with van der Waals surface area (Å²) < 4.78 is 5.75. The van der Waals surface area contributed by atoms with Crippen LogP contribution in [0.1, 0.15) is 16.2 Å². The van der Waals surface area contributed by atoms with Crippen LogP contribution in [-0.2, 0) is 6.54 Å². The summed E-state index contributed by atoms with van der Waals surface area (Å²) in [6, 6.07) is 6.77. The van der Waals surface area contributed by atoms with Gasteiger partial charge >= 0.3 is 5.97 Å². The van der Waals surface area contributed by atoms with E-state index in [4.69, 9.17) is 21.2 Å². The molecule has 1 heterocycles. The Morgan fingerprint density at radius 1 is 1.50 bits per heavy atom. The zero-order valence-corrected chi connectivity index (χ0v) is 11.3. The van der Waals surface area contributed by atoms with Gasteiger partial charge in [-0.3, -0.25) is 0 Å². The first kappa shape index (κ1) is 12.9. The van der Waals surface area contributed by atoms with Gasteiger partial charge < -0.3 is 14.9 Å². The first-order chi connectivity index (χ1) is 8.56. The smallest absolute Gasteiger partial charge is 0.358 e. The average Bonchev–Trinajstić information content (AvgIpc) is 2.76. The van der Waals surface area contributed by atoms with E-state index < -0.39 is 5.97 Å². The standard InChI is InChI=1S/C11H8BrClN2O3/c12-6-1-2-9(8(13)3-6)14-5-7-4-10(11(16)17)15-18-7/h1-4,14H,5H2,(H,16,17). The van der Waals surface area contributed by atoms with Gasteiger partial charge in [0.25, 0.3) is 0 Å². The predicted octanol–water partition coefficient (Wildman–Crippen LogP) is 3.40. The Hall–Kier alpha value is -1.53. The number of anilines is 1. The molecule has 0 spiro atoms. The fourth-order valence-corrected chi connectivity index (χ4v) is 2.05. The van der Waals surface area contributed by atoms with E-state index in [-0.39, 0.29) is 5.69 Å². The molecule has 5 nitrogen and oxygen atoms in total. The Labute approximate surface area is 116 Å². The Morgan fingerprint density at radius 3 is 2.89 bits per heavy atom. The summed E-state index contributed by atoms with van der Waals surface area (Å²) in [6.45, 7) is 0.307. The van der Waals surface area contributed by atoms with Crippen LogP contribution in [0.15, 0.2) is 33.3 Å². The van der Waals surface area contributed by atoms with E-state index in [1.165, 1.54) is 6.07 Å². The molecule has 2 aromatic rings. The van der Waals surface area contributed by atoms with Crippen LogP contribution in [0.2, 0.25) is 5.02 Å². The first-order valence-electron chi connectivity index (χ1n) is 4.94. The number of carboxylic acid groups (broad SMARTS) is 1. The van der Waals surface area contributed by atoms with E-state index in [1.807, 2.05) is 6.07 Å². The van der Waals surface area contributed by atoms with E-state index in [0.29, 0.717) is 17.3 Å². The van der Waals surface area contributed by atoms with Gasteiger partial charge in [-0.2, -0.15) is 0 Å². The Bertz CT molecular complexity index is 585. The molecule has 0 radical (unpaired) electrons. The largest absolute Gasteiger partial charge is 0.476 e. The second-order valence-electron chi connectivity index (χ2n) is 3.46. The number of hydrogen-bond donors (Lipinski definition) is 2. The highest BCUT2D eigenvalue weighted by molar-refractivity contribution is 9.10. The Morgan fingerprint density at radius 2 is 2.28 bits per heavy atom. The van der Waals surface area contributed by atoms with E-state index in [2.05, 4.69) is 26.4 Å². The zero-order valence-electron chi connectivity index (χ0n) is 8.98. The summed E-state index contributed by atoms with van der Waals surface area (Å²) in [4.78, 5) is 10.6. The molecule has 18 heavy (non-hydrogen) atoms. The maximum atomic E-state index is 10.6. The maximum absolute atomic E-state index is 10.6. The number of rotatable bonds is 4. The van der Waals surface area contributed by atoms with Crippen molar-refractivity contribution >= 4 is 39.2 Å². The van der Waals surface area contributed by atoms with Crippen molar-refractivity contribution in [3.05, 3.63) is 45.2 Å². The Kier molecular flexibility index (Phi) is 3.88. The molecule has 0 saturated carbocycles. The van der Waals surface area contributed by atoms with Crippen molar-refractivity contribution in [1.82, 2.24) is 5.16 Å². The quantitative estimate of drug-likeness (QED) is 0.898. The molecule has 94 valence electrons. The molecule has 2 rings (SSSR count). The zero-order chi connectivity index (χ0) is 13.1. The predicted molar refractivity (Wildman–Crippen MR) is 69.9 cm³/mol. The monoisotopic (exact) mass is 330 g/mol. The third-order valence-corrected chi connectivity index (χ3v) is 2.97. The fraction of sp³-hybridized carbons (Fsp3) is 0.0909. The lowest BCUT2D eigenvalue weighted by atomic mass is 10.3. The van der Waals surface area contributed by atoms with Crippen LogP contribution in [0, 0.1) is 0 Å².